The van der Waals surface area contributed by atoms with E-state index in [0.717, 1.165) is 6.42 Å². The van der Waals surface area contributed by atoms with Gasteiger partial charge in [0.15, 0.2) is 0 Å². The van der Waals surface area contributed by atoms with Crippen LogP contribution < -0.4 is 0 Å². The first-order valence-corrected chi connectivity index (χ1v) is 2.41. The summed E-state index contributed by atoms with van der Waals surface area (Å²) >= 11 is 0. The maximum atomic E-state index is 9.93. The molecule has 0 aliphatic carbocycles. The first-order chi connectivity index (χ1) is 3.18. The molecular weight excluding hydrogens is 180 g/mol. The molecule has 0 aliphatic rings. The van der Waals surface area contributed by atoms with Crippen LogP contribution in [0.5, 0.6) is 0 Å². The zero-order chi connectivity index (χ0) is 5.86. The summed E-state index contributed by atoms with van der Waals surface area (Å²) in [6, 6.07) is 0. The van der Waals surface area contributed by atoms with Crippen molar-refractivity contribution in [2.45, 2.75) is 20.3 Å². The second-order valence-corrected chi connectivity index (χ2v) is 1.65. The largest absolute Gasteiger partial charge is 2.00 e. The Labute approximate surface area is 89.5 Å². The number of carboxylic acids is 1. The zero-order valence-electron chi connectivity index (χ0n) is 7.35. The Morgan fingerprint density at radius 1 is 1.88 bits per heavy atom. The molecule has 3 heteroatoms. The molecule has 0 aromatic rings. The second kappa shape index (κ2) is 6.08. The summed E-state index contributed by atoms with van der Waals surface area (Å²) in [5, 5.41) is 8.18. The summed E-state index contributed by atoms with van der Waals surface area (Å²) in [7, 11) is 0. The van der Waals surface area contributed by atoms with Crippen molar-refractivity contribution in [2.75, 3.05) is 0 Å². The minimum absolute atomic E-state index is 0. The Morgan fingerprint density at radius 2 is 2.25 bits per heavy atom. The molecule has 0 rings (SSSR count). The molecule has 2 nitrogen and oxygen atoms in total. The summed E-state index contributed by atoms with van der Waals surface area (Å²) in [5.74, 6) is -0.887. The van der Waals surface area contributed by atoms with Crippen LogP contribution in [-0.4, -0.2) is 56.6 Å². The minimum atomic E-state index is -0.706. The van der Waals surface area contributed by atoms with Gasteiger partial charge in [-0.15, -0.1) is 0 Å². The normalized spacial score (nSPS) is 11.8. The Morgan fingerprint density at radius 3 is 2.25 bits per heavy atom. The summed E-state index contributed by atoms with van der Waals surface area (Å²) in [6.07, 6.45) is 0.718. The van der Waals surface area contributed by atoms with E-state index in [1.165, 1.54) is 0 Å². The number of hydrogen-bond donors (Lipinski definition) is 1. The van der Waals surface area contributed by atoms with Crippen molar-refractivity contribution < 1.29 is 12.8 Å². The van der Waals surface area contributed by atoms with Crippen molar-refractivity contribution in [2.24, 2.45) is 5.92 Å². The van der Waals surface area contributed by atoms with Gasteiger partial charge in [0, 0.05) is 0 Å². The standard InChI is InChI=1S/C5H10O2.Sr.2H/c1-3-4(2)5(6)7;;;/h4H,3H2,1-2H3,(H,6,7);;;/q;+2;2*-1. The summed E-state index contributed by atoms with van der Waals surface area (Å²) in [4.78, 5) is 9.93. The molecule has 0 heterocycles. The molecule has 0 aromatic carbocycles. The Bertz CT molecular complexity index is 80.0. The topological polar surface area (TPSA) is 37.3 Å². The fraction of sp³-hybridized carbons (Fsp3) is 0.800. The van der Waals surface area contributed by atoms with Gasteiger partial charge >= 0.3 is 51.5 Å². The van der Waals surface area contributed by atoms with Gasteiger partial charge in [0.05, 0.1) is 5.92 Å². The van der Waals surface area contributed by atoms with Crippen molar-refractivity contribution in [3.8, 4) is 0 Å². The molecular formula is C5H12O2Sr. The van der Waals surface area contributed by atoms with E-state index >= 15 is 0 Å². The third kappa shape index (κ3) is 5.09. The van der Waals surface area contributed by atoms with Crippen LogP contribution in [0.15, 0.2) is 0 Å². The average Bonchev–Trinajstić information content (AvgIpc) is 1.65. The van der Waals surface area contributed by atoms with Crippen molar-refractivity contribution >= 4 is 51.5 Å². The second-order valence-electron chi connectivity index (χ2n) is 1.65. The smallest absolute Gasteiger partial charge is 1.00 e. The Balaban J connectivity index is -0.0000000600. The van der Waals surface area contributed by atoms with E-state index in [2.05, 4.69) is 0 Å². The Kier molecular flexibility index (Phi) is 8.90. The van der Waals surface area contributed by atoms with Gasteiger partial charge in [-0.1, -0.05) is 13.8 Å². The summed E-state index contributed by atoms with van der Waals surface area (Å²) in [6.45, 7) is 3.56. The van der Waals surface area contributed by atoms with E-state index in [1.807, 2.05) is 6.92 Å². The maximum Gasteiger partial charge on any atom is 2.00 e. The van der Waals surface area contributed by atoms with Crippen LogP contribution >= 0.6 is 0 Å². The number of hydrogen-bond acceptors (Lipinski definition) is 1. The van der Waals surface area contributed by atoms with Crippen LogP contribution in [0.3, 0.4) is 0 Å². The molecule has 8 heavy (non-hydrogen) atoms. The van der Waals surface area contributed by atoms with Crippen molar-refractivity contribution in [3.05, 3.63) is 0 Å². The van der Waals surface area contributed by atoms with E-state index < -0.39 is 5.97 Å². The van der Waals surface area contributed by atoms with E-state index in [-0.39, 0.29) is 54.3 Å². The predicted octanol–water partition coefficient (Wildman–Crippen LogP) is 0.961. The third-order valence-corrected chi connectivity index (χ3v) is 1.03. The van der Waals surface area contributed by atoms with Crippen LogP contribution in [0.4, 0.5) is 0 Å². The molecule has 0 fully saturated rings. The van der Waals surface area contributed by atoms with E-state index in [9.17, 15) is 4.79 Å². The number of aliphatic carboxylic acids is 1. The van der Waals surface area contributed by atoms with Gasteiger partial charge in [0.25, 0.3) is 0 Å². The quantitative estimate of drug-likeness (QED) is 0.661. The van der Waals surface area contributed by atoms with Gasteiger partial charge in [-0.05, 0) is 6.42 Å². The van der Waals surface area contributed by atoms with Crippen LogP contribution in [0.1, 0.15) is 23.1 Å². The molecule has 0 amide bonds. The zero-order valence-corrected chi connectivity index (χ0v) is 8.82. The summed E-state index contributed by atoms with van der Waals surface area (Å²) < 4.78 is 0. The molecule has 0 aliphatic heterocycles. The van der Waals surface area contributed by atoms with E-state index in [1.54, 1.807) is 6.92 Å². The number of carboxylic acid groups (broad SMARTS) is 1. The van der Waals surface area contributed by atoms with Crippen LogP contribution in [0.25, 0.3) is 0 Å². The first kappa shape index (κ1) is 11.7. The van der Waals surface area contributed by atoms with Crippen molar-refractivity contribution in [1.29, 1.82) is 0 Å². The maximum absolute atomic E-state index is 9.93. The minimum Gasteiger partial charge on any atom is -1.00 e. The van der Waals surface area contributed by atoms with Gasteiger partial charge in [-0.3, -0.25) is 4.79 Å². The fourth-order valence-electron chi connectivity index (χ4n) is 0.175. The van der Waals surface area contributed by atoms with Crippen LogP contribution in [-0.2, 0) is 4.79 Å². The van der Waals surface area contributed by atoms with Gasteiger partial charge in [0.2, 0.25) is 0 Å². The van der Waals surface area contributed by atoms with Crippen molar-refractivity contribution in [3.63, 3.8) is 0 Å². The van der Waals surface area contributed by atoms with Gasteiger partial charge < -0.3 is 7.96 Å². The monoisotopic (exact) mass is 192 g/mol. The van der Waals surface area contributed by atoms with Crippen LogP contribution in [0, 0.1) is 5.92 Å². The number of carbonyl (C=O) groups is 1. The van der Waals surface area contributed by atoms with Gasteiger partial charge in [-0.25, -0.2) is 0 Å². The molecule has 0 radical (unpaired) electrons. The Hall–Kier alpha value is 0.951. The molecule has 1 unspecified atom stereocenters. The molecule has 0 bridgehead atoms. The van der Waals surface area contributed by atoms with Crippen LogP contribution in [0.2, 0.25) is 0 Å². The summed E-state index contributed by atoms with van der Waals surface area (Å²) in [5.41, 5.74) is 0. The SMILES string of the molecule is CCC(C)C(=O)O.[H-].[H-].[Sr+2]. The molecule has 0 saturated heterocycles. The first-order valence-electron chi connectivity index (χ1n) is 2.41. The molecule has 0 aromatic heterocycles. The molecule has 0 spiro atoms. The predicted molar refractivity (Wildman–Crippen MR) is 35.1 cm³/mol. The van der Waals surface area contributed by atoms with E-state index in [4.69, 9.17) is 5.11 Å². The fourth-order valence-corrected chi connectivity index (χ4v) is 0.175. The number of rotatable bonds is 2. The van der Waals surface area contributed by atoms with Gasteiger partial charge in [-0.2, -0.15) is 0 Å². The molecule has 1 atom stereocenters. The van der Waals surface area contributed by atoms with Crippen molar-refractivity contribution in [1.82, 2.24) is 0 Å². The van der Waals surface area contributed by atoms with E-state index in [0.29, 0.717) is 0 Å². The molecule has 1 N–H and O–H groups in total. The molecule has 0 saturated carbocycles. The average molecular weight is 192 g/mol. The third-order valence-electron chi connectivity index (χ3n) is 1.03. The van der Waals surface area contributed by atoms with Gasteiger partial charge in [0.1, 0.15) is 0 Å². The molecule has 46 valence electrons.